The van der Waals surface area contributed by atoms with E-state index in [2.05, 4.69) is 38.1 Å². The molecule has 1 saturated carbocycles. The fourth-order valence-corrected chi connectivity index (χ4v) is 2.59. The molecule has 0 unspecified atom stereocenters. The zero-order valence-corrected chi connectivity index (χ0v) is 11.4. The minimum atomic E-state index is -0.198. The van der Waals surface area contributed by atoms with E-state index in [4.69, 9.17) is 5.73 Å². The first-order valence-corrected chi connectivity index (χ1v) is 6.89. The quantitative estimate of drug-likeness (QED) is 0.866. The standard InChI is InChI=1S/C16H23NO/c1-12(2)14-6-4-13(5-7-14)10-15(18)16(11-17)8-3-9-16/h4-7,12H,3,8-11,17H2,1-2H3. The summed E-state index contributed by atoms with van der Waals surface area (Å²) in [6.07, 6.45) is 3.64. The van der Waals surface area contributed by atoms with Gasteiger partial charge in [-0.2, -0.15) is 0 Å². The van der Waals surface area contributed by atoms with Crippen molar-refractivity contribution in [2.75, 3.05) is 6.54 Å². The van der Waals surface area contributed by atoms with Crippen molar-refractivity contribution in [2.24, 2.45) is 11.1 Å². The van der Waals surface area contributed by atoms with Crippen LogP contribution in [0.2, 0.25) is 0 Å². The lowest BCUT2D eigenvalue weighted by Crippen LogP contribution is -2.45. The second-order valence-electron chi connectivity index (χ2n) is 5.83. The molecular weight excluding hydrogens is 222 g/mol. The molecule has 0 heterocycles. The molecule has 0 aromatic heterocycles. The van der Waals surface area contributed by atoms with Gasteiger partial charge < -0.3 is 5.73 Å². The highest BCUT2D eigenvalue weighted by Crippen LogP contribution is 2.41. The number of hydrogen-bond donors (Lipinski definition) is 1. The number of carbonyl (C=O) groups is 1. The van der Waals surface area contributed by atoms with E-state index < -0.39 is 0 Å². The predicted octanol–water partition coefficient (Wildman–Crippen LogP) is 3.05. The first-order valence-electron chi connectivity index (χ1n) is 6.89. The highest BCUT2D eigenvalue weighted by Gasteiger charge is 2.41. The van der Waals surface area contributed by atoms with Crippen LogP contribution in [0, 0.1) is 5.41 Å². The summed E-state index contributed by atoms with van der Waals surface area (Å²) >= 11 is 0. The van der Waals surface area contributed by atoms with Crippen LogP contribution in [0.15, 0.2) is 24.3 Å². The second-order valence-corrected chi connectivity index (χ2v) is 5.83. The summed E-state index contributed by atoms with van der Waals surface area (Å²) in [5.41, 5.74) is 8.01. The normalized spacial score (nSPS) is 17.6. The van der Waals surface area contributed by atoms with Crippen molar-refractivity contribution in [2.45, 2.75) is 45.4 Å². The Balaban J connectivity index is 2.03. The lowest BCUT2D eigenvalue weighted by molar-refractivity contribution is -0.132. The Kier molecular flexibility index (Phi) is 3.86. The van der Waals surface area contributed by atoms with Gasteiger partial charge in [-0.3, -0.25) is 4.79 Å². The Morgan fingerprint density at radius 3 is 2.28 bits per heavy atom. The molecule has 98 valence electrons. The molecule has 1 aliphatic carbocycles. The molecule has 2 rings (SSSR count). The number of hydrogen-bond acceptors (Lipinski definition) is 2. The summed E-state index contributed by atoms with van der Waals surface area (Å²) in [7, 11) is 0. The summed E-state index contributed by atoms with van der Waals surface area (Å²) in [4.78, 5) is 12.3. The smallest absolute Gasteiger partial charge is 0.144 e. The Morgan fingerprint density at radius 1 is 1.28 bits per heavy atom. The van der Waals surface area contributed by atoms with E-state index in [1.165, 1.54) is 5.56 Å². The average molecular weight is 245 g/mol. The lowest BCUT2D eigenvalue weighted by Gasteiger charge is -2.39. The molecule has 2 nitrogen and oxygen atoms in total. The van der Waals surface area contributed by atoms with Gasteiger partial charge >= 0.3 is 0 Å². The third-order valence-electron chi connectivity index (χ3n) is 4.30. The maximum absolute atomic E-state index is 12.3. The van der Waals surface area contributed by atoms with Crippen molar-refractivity contribution in [3.05, 3.63) is 35.4 Å². The summed E-state index contributed by atoms with van der Waals surface area (Å²) in [6.45, 7) is 4.87. The summed E-state index contributed by atoms with van der Waals surface area (Å²) in [6, 6.07) is 8.42. The van der Waals surface area contributed by atoms with E-state index in [1.54, 1.807) is 0 Å². The third-order valence-corrected chi connectivity index (χ3v) is 4.30. The molecule has 1 aromatic rings. The van der Waals surface area contributed by atoms with Gasteiger partial charge in [-0.25, -0.2) is 0 Å². The molecule has 0 atom stereocenters. The molecule has 0 bridgehead atoms. The molecule has 2 heteroatoms. The molecule has 1 fully saturated rings. The highest BCUT2D eigenvalue weighted by atomic mass is 16.1. The van der Waals surface area contributed by atoms with Gasteiger partial charge in [0.2, 0.25) is 0 Å². The minimum absolute atomic E-state index is 0.198. The topological polar surface area (TPSA) is 43.1 Å². The molecular formula is C16H23NO. The van der Waals surface area contributed by atoms with Crippen molar-refractivity contribution < 1.29 is 4.79 Å². The van der Waals surface area contributed by atoms with Gasteiger partial charge in [0.15, 0.2) is 0 Å². The first kappa shape index (κ1) is 13.3. The number of benzene rings is 1. The second kappa shape index (κ2) is 5.23. The molecule has 1 aromatic carbocycles. The molecule has 1 aliphatic rings. The Labute approximate surface area is 110 Å². The van der Waals surface area contributed by atoms with Crippen LogP contribution in [-0.4, -0.2) is 12.3 Å². The third kappa shape index (κ3) is 2.49. The number of ketones is 1. The number of nitrogens with two attached hydrogens (primary N) is 1. The van der Waals surface area contributed by atoms with Crippen molar-refractivity contribution in [3.8, 4) is 0 Å². The van der Waals surface area contributed by atoms with E-state index in [0.717, 1.165) is 24.8 Å². The Hall–Kier alpha value is -1.15. The van der Waals surface area contributed by atoms with Gasteiger partial charge in [-0.1, -0.05) is 44.5 Å². The molecule has 18 heavy (non-hydrogen) atoms. The lowest BCUT2D eigenvalue weighted by atomic mass is 9.65. The van der Waals surface area contributed by atoms with Crippen LogP contribution >= 0.6 is 0 Å². The largest absolute Gasteiger partial charge is 0.329 e. The summed E-state index contributed by atoms with van der Waals surface area (Å²) in [5.74, 6) is 0.866. The summed E-state index contributed by atoms with van der Waals surface area (Å²) < 4.78 is 0. The predicted molar refractivity (Wildman–Crippen MR) is 74.6 cm³/mol. The summed E-state index contributed by atoms with van der Waals surface area (Å²) in [5, 5.41) is 0. The van der Waals surface area contributed by atoms with E-state index in [-0.39, 0.29) is 5.41 Å². The SMILES string of the molecule is CC(C)c1ccc(CC(=O)C2(CN)CCC2)cc1. The van der Waals surface area contributed by atoms with E-state index in [1.807, 2.05) is 0 Å². The Bertz CT molecular complexity index is 410. The van der Waals surface area contributed by atoms with Crippen LogP contribution in [0.5, 0.6) is 0 Å². The average Bonchev–Trinajstić information content (AvgIpc) is 2.29. The van der Waals surface area contributed by atoms with Gasteiger partial charge in [0.1, 0.15) is 5.78 Å². The zero-order chi connectivity index (χ0) is 13.2. The fourth-order valence-electron chi connectivity index (χ4n) is 2.59. The van der Waals surface area contributed by atoms with Crippen LogP contribution in [0.25, 0.3) is 0 Å². The van der Waals surface area contributed by atoms with Gasteiger partial charge in [-0.15, -0.1) is 0 Å². The molecule has 0 aliphatic heterocycles. The highest BCUT2D eigenvalue weighted by molar-refractivity contribution is 5.87. The van der Waals surface area contributed by atoms with Crippen LogP contribution in [0.3, 0.4) is 0 Å². The van der Waals surface area contributed by atoms with Gasteiger partial charge in [-0.05, 0) is 29.9 Å². The fraction of sp³-hybridized carbons (Fsp3) is 0.562. The molecule has 0 radical (unpaired) electrons. The van der Waals surface area contributed by atoms with Crippen LogP contribution in [0.1, 0.15) is 50.2 Å². The molecule has 0 spiro atoms. The van der Waals surface area contributed by atoms with E-state index >= 15 is 0 Å². The maximum Gasteiger partial charge on any atom is 0.144 e. The maximum atomic E-state index is 12.3. The number of Topliss-reactive ketones (excluding diaryl/α,β-unsaturated/α-hetero) is 1. The van der Waals surface area contributed by atoms with E-state index in [0.29, 0.717) is 24.7 Å². The van der Waals surface area contributed by atoms with Gasteiger partial charge in [0.25, 0.3) is 0 Å². The van der Waals surface area contributed by atoms with Crippen molar-refractivity contribution in [1.29, 1.82) is 0 Å². The number of carbonyl (C=O) groups excluding carboxylic acids is 1. The van der Waals surface area contributed by atoms with Crippen LogP contribution in [0.4, 0.5) is 0 Å². The zero-order valence-electron chi connectivity index (χ0n) is 11.4. The first-order chi connectivity index (χ1) is 8.57. The molecule has 2 N–H and O–H groups in total. The van der Waals surface area contributed by atoms with E-state index in [9.17, 15) is 4.79 Å². The van der Waals surface area contributed by atoms with Gasteiger partial charge in [0, 0.05) is 18.4 Å². The van der Waals surface area contributed by atoms with Crippen LogP contribution in [-0.2, 0) is 11.2 Å². The monoisotopic (exact) mass is 245 g/mol. The Morgan fingerprint density at radius 2 is 1.89 bits per heavy atom. The molecule has 0 saturated heterocycles. The van der Waals surface area contributed by atoms with Crippen molar-refractivity contribution >= 4 is 5.78 Å². The van der Waals surface area contributed by atoms with Gasteiger partial charge in [0.05, 0.1) is 0 Å². The van der Waals surface area contributed by atoms with Crippen molar-refractivity contribution in [1.82, 2.24) is 0 Å². The van der Waals surface area contributed by atoms with Crippen molar-refractivity contribution in [3.63, 3.8) is 0 Å². The van der Waals surface area contributed by atoms with Crippen LogP contribution < -0.4 is 5.73 Å². The molecule has 0 amide bonds. The minimum Gasteiger partial charge on any atom is -0.329 e. The number of rotatable bonds is 5.